The van der Waals surface area contributed by atoms with E-state index in [0.717, 1.165) is 36.3 Å². The summed E-state index contributed by atoms with van der Waals surface area (Å²) in [6.07, 6.45) is 6.21. The number of halogens is 1. The lowest BCUT2D eigenvalue weighted by Crippen LogP contribution is -2.24. The molecule has 2 aliphatic carbocycles. The molecule has 6 nitrogen and oxygen atoms in total. The van der Waals surface area contributed by atoms with Gasteiger partial charge in [0.25, 0.3) is 0 Å². The van der Waals surface area contributed by atoms with Gasteiger partial charge in [-0.05, 0) is 60.2 Å². The summed E-state index contributed by atoms with van der Waals surface area (Å²) in [5.74, 6) is 1.57. The van der Waals surface area contributed by atoms with Crippen LogP contribution in [0.15, 0.2) is 71.6 Å². The van der Waals surface area contributed by atoms with E-state index in [9.17, 15) is 4.79 Å². The Morgan fingerprint density at radius 2 is 1.84 bits per heavy atom. The molecule has 2 aliphatic heterocycles. The molecule has 3 atom stereocenters. The van der Waals surface area contributed by atoms with Crippen LogP contribution in [0.1, 0.15) is 49.1 Å². The van der Waals surface area contributed by atoms with E-state index in [-0.39, 0.29) is 36.3 Å². The first-order valence-corrected chi connectivity index (χ1v) is 13.2. The van der Waals surface area contributed by atoms with E-state index in [0.29, 0.717) is 43.1 Å². The Balaban J connectivity index is 1.15. The summed E-state index contributed by atoms with van der Waals surface area (Å²) >= 11 is 0. The lowest BCUT2D eigenvalue weighted by atomic mass is 9.95. The number of ether oxygens (including phenoxy) is 5. The number of methoxy groups -OCH3 is 1. The second-order valence-electron chi connectivity index (χ2n) is 10.0. The lowest BCUT2D eigenvalue weighted by Gasteiger charge is -2.25. The highest BCUT2D eigenvalue weighted by atomic mass is 19.1. The topological polar surface area (TPSA) is 63.2 Å². The third-order valence-electron chi connectivity index (χ3n) is 7.75. The van der Waals surface area contributed by atoms with Crippen LogP contribution in [-0.2, 0) is 14.3 Å². The van der Waals surface area contributed by atoms with Gasteiger partial charge in [0.15, 0.2) is 0 Å². The van der Waals surface area contributed by atoms with E-state index >= 15 is 4.39 Å². The molecule has 0 aromatic heterocycles. The second-order valence-corrected chi connectivity index (χ2v) is 10.0. The fraction of sp³-hybridized carbons (Fsp3) is 0.387. The van der Waals surface area contributed by atoms with Gasteiger partial charge in [-0.3, -0.25) is 4.79 Å². The van der Waals surface area contributed by atoms with Crippen LogP contribution in [0.25, 0.3) is 5.57 Å². The molecule has 0 N–H and O–H groups in total. The molecule has 38 heavy (non-hydrogen) atoms. The summed E-state index contributed by atoms with van der Waals surface area (Å²) in [6, 6.07) is 13.8. The average molecular weight is 519 g/mol. The zero-order valence-electron chi connectivity index (χ0n) is 21.4. The van der Waals surface area contributed by atoms with Crippen molar-refractivity contribution in [1.29, 1.82) is 0 Å². The van der Waals surface area contributed by atoms with Crippen LogP contribution in [0.5, 0.6) is 17.2 Å². The minimum absolute atomic E-state index is 0.0357. The van der Waals surface area contributed by atoms with E-state index in [1.165, 1.54) is 18.2 Å². The SMILES string of the molecule is COC(=O)CC1COc2cc(OC3CCC4=C3C(F)=CCC4Oc3ccc(C4=CCOCC4)cc3)ccc21. The zero-order chi connectivity index (χ0) is 26.1. The van der Waals surface area contributed by atoms with Crippen LogP contribution >= 0.6 is 0 Å². The minimum Gasteiger partial charge on any atom is -0.492 e. The fourth-order valence-corrected chi connectivity index (χ4v) is 5.76. The molecule has 0 fully saturated rings. The van der Waals surface area contributed by atoms with Crippen molar-refractivity contribution in [2.24, 2.45) is 0 Å². The Kier molecular flexibility index (Phi) is 6.94. The number of fused-ring (bicyclic) bond motifs is 1. The molecule has 2 heterocycles. The van der Waals surface area contributed by atoms with Crippen molar-refractivity contribution in [2.45, 2.75) is 50.2 Å². The molecule has 198 valence electrons. The molecule has 0 saturated carbocycles. The van der Waals surface area contributed by atoms with Crippen molar-refractivity contribution < 1.29 is 32.9 Å². The molecule has 7 heteroatoms. The van der Waals surface area contributed by atoms with E-state index in [1.807, 2.05) is 30.3 Å². The second kappa shape index (κ2) is 10.7. The van der Waals surface area contributed by atoms with Crippen LogP contribution in [0.2, 0.25) is 0 Å². The van der Waals surface area contributed by atoms with Crippen molar-refractivity contribution >= 4 is 11.5 Å². The first-order valence-electron chi connectivity index (χ1n) is 13.2. The number of hydrogen-bond acceptors (Lipinski definition) is 6. The standard InChI is InChI=1S/C31H31FO6/c1-34-30(33)16-21-18-36-29-17-23(6-7-24(21)29)38-28-10-8-25-27(11-9-26(32)31(25)28)37-22-4-2-19(3-5-22)20-12-14-35-15-13-20/h2-7,9,12,17,21,27-28H,8,10-11,13-16,18H2,1H3. The van der Waals surface area contributed by atoms with Crippen LogP contribution in [0.4, 0.5) is 4.39 Å². The summed E-state index contributed by atoms with van der Waals surface area (Å²) in [6.45, 7) is 1.83. The number of hydrogen-bond donors (Lipinski definition) is 0. The average Bonchev–Trinajstić information content (AvgIpc) is 3.56. The maximum Gasteiger partial charge on any atom is 0.306 e. The predicted molar refractivity (Wildman–Crippen MR) is 140 cm³/mol. The maximum atomic E-state index is 15.1. The molecule has 6 rings (SSSR count). The molecule has 2 aromatic carbocycles. The van der Waals surface area contributed by atoms with Crippen LogP contribution < -0.4 is 14.2 Å². The number of benzene rings is 2. The Morgan fingerprint density at radius 1 is 1.03 bits per heavy atom. The number of carbonyl (C=O) groups excluding carboxylic acids is 1. The molecule has 0 bridgehead atoms. The first-order chi connectivity index (χ1) is 18.6. The molecule has 3 unspecified atom stereocenters. The molecule has 0 radical (unpaired) electrons. The first kappa shape index (κ1) is 24.7. The summed E-state index contributed by atoms with van der Waals surface area (Å²) in [4.78, 5) is 11.7. The molecular weight excluding hydrogens is 487 g/mol. The van der Waals surface area contributed by atoms with Gasteiger partial charge in [0.1, 0.15) is 35.3 Å². The van der Waals surface area contributed by atoms with E-state index in [1.54, 1.807) is 6.08 Å². The Hall–Kier alpha value is -3.58. The van der Waals surface area contributed by atoms with Crippen molar-refractivity contribution in [2.75, 3.05) is 26.9 Å². The maximum absolute atomic E-state index is 15.1. The van der Waals surface area contributed by atoms with Gasteiger partial charge in [-0.15, -0.1) is 0 Å². The molecule has 0 amide bonds. The highest BCUT2D eigenvalue weighted by molar-refractivity contribution is 5.71. The van der Waals surface area contributed by atoms with Crippen LogP contribution in [0.3, 0.4) is 0 Å². The molecule has 0 spiro atoms. The summed E-state index contributed by atoms with van der Waals surface area (Å²) in [7, 11) is 1.39. The monoisotopic (exact) mass is 518 g/mol. The highest BCUT2D eigenvalue weighted by Crippen LogP contribution is 2.43. The molecular formula is C31H31FO6. The van der Waals surface area contributed by atoms with Gasteiger partial charge in [0.2, 0.25) is 0 Å². The smallest absolute Gasteiger partial charge is 0.306 e. The van der Waals surface area contributed by atoms with E-state index in [2.05, 4.69) is 18.2 Å². The van der Waals surface area contributed by atoms with E-state index in [4.69, 9.17) is 23.7 Å². The third kappa shape index (κ3) is 4.95. The fourth-order valence-electron chi connectivity index (χ4n) is 5.76. The quantitative estimate of drug-likeness (QED) is 0.415. The van der Waals surface area contributed by atoms with Crippen LogP contribution in [-0.4, -0.2) is 45.1 Å². The van der Waals surface area contributed by atoms with Crippen molar-refractivity contribution in [3.63, 3.8) is 0 Å². The number of rotatable bonds is 7. The van der Waals surface area contributed by atoms with Crippen molar-refractivity contribution in [3.05, 3.63) is 82.7 Å². The van der Waals surface area contributed by atoms with Gasteiger partial charge in [0, 0.05) is 29.5 Å². The Bertz CT molecular complexity index is 1310. The van der Waals surface area contributed by atoms with Crippen molar-refractivity contribution in [3.8, 4) is 17.2 Å². The van der Waals surface area contributed by atoms with E-state index < -0.39 is 0 Å². The Morgan fingerprint density at radius 3 is 2.63 bits per heavy atom. The molecule has 4 aliphatic rings. The predicted octanol–water partition coefficient (Wildman–Crippen LogP) is 6.07. The van der Waals surface area contributed by atoms with Crippen molar-refractivity contribution in [1.82, 2.24) is 0 Å². The zero-order valence-corrected chi connectivity index (χ0v) is 21.4. The lowest BCUT2D eigenvalue weighted by molar-refractivity contribution is -0.141. The number of esters is 1. The van der Waals surface area contributed by atoms with Crippen LogP contribution in [0, 0.1) is 0 Å². The van der Waals surface area contributed by atoms with Gasteiger partial charge in [-0.2, -0.15) is 0 Å². The summed E-state index contributed by atoms with van der Waals surface area (Å²) < 4.78 is 43.7. The van der Waals surface area contributed by atoms with Gasteiger partial charge < -0.3 is 23.7 Å². The minimum atomic E-state index is -0.388. The third-order valence-corrected chi connectivity index (χ3v) is 7.75. The summed E-state index contributed by atoms with van der Waals surface area (Å²) in [5.41, 5.74) is 5.02. The van der Waals surface area contributed by atoms with Gasteiger partial charge >= 0.3 is 5.97 Å². The van der Waals surface area contributed by atoms with Gasteiger partial charge in [-0.25, -0.2) is 4.39 Å². The Labute approximate surface area is 221 Å². The highest BCUT2D eigenvalue weighted by Gasteiger charge is 2.37. The number of carbonyl (C=O) groups is 1. The largest absolute Gasteiger partial charge is 0.492 e. The summed E-state index contributed by atoms with van der Waals surface area (Å²) in [5, 5.41) is 0. The van der Waals surface area contributed by atoms with Gasteiger partial charge in [0.05, 0.1) is 33.4 Å². The molecule has 2 aromatic rings. The molecule has 0 saturated heterocycles. The normalized spacial score (nSPS) is 24.1. The van der Waals surface area contributed by atoms with Gasteiger partial charge in [-0.1, -0.05) is 24.3 Å².